The number of furan rings is 1. The van der Waals surface area contributed by atoms with Crippen LogP contribution >= 0.6 is 0 Å². The van der Waals surface area contributed by atoms with Crippen molar-refractivity contribution in [3.8, 4) is 0 Å². The largest absolute Gasteiger partial charge is 0.467 e. The standard InChI is InChI=1S/C14H15N3O3/c1-9(12-6-3-7-20-12)16-13(18)10-4-2-5-11(8-10)17-14(15)19/h2-9H,1H3,(H,16,18)(H3,15,17,19)/t9-/m0/s1. The van der Waals surface area contributed by atoms with Crippen LogP contribution in [0.15, 0.2) is 47.1 Å². The zero-order valence-corrected chi connectivity index (χ0v) is 10.9. The number of urea groups is 1. The summed E-state index contributed by atoms with van der Waals surface area (Å²) in [6, 6.07) is 9.14. The lowest BCUT2D eigenvalue weighted by atomic mass is 10.1. The van der Waals surface area contributed by atoms with E-state index >= 15 is 0 Å². The monoisotopic (exact) mass is 273 g/mol. The first-order chi connectivity index (χ1) is 9.56. The summed E-state index contributed by atoms with van der Waals surface area (Å²) in [7, 11) is 0. The van der Waals surface area contributed by atoms with Crippen LogP contribution in [0.2, 0.25) is 0 Å². The van der Waals surface area contributed by atoms with Crippen molar-refractivity contribution in [2.45, 2.75) is 13.0 Å². The quantitative estimate of drug-likeness (QED) is 0.797. The average molecular weight is 273 g/mol. The number of nitrogens with two attached hydrogens (primary N) is 1. The molecule has 0 bridgehead atoms. The molecule has 2 aromatic rings. The minimum absolute atomic E-state index is 0.245. The third-order valence-corrected chi connectivity index (χ3v) is 2.71. The van der Waals surface area contributed by atoms with E-state index in [-0.39, 0.29) is 11.9 Å². The van der Waals surface area contributed by atoms with Crippen LogP contribution in [0, 0.1) is 0 Å². The maximum absolute atomic E-state index is 12.1. The summed E-state index contributed by atoms with van der Waals surface area (Å²) >= 11 is 0. The fraction of sp³-hybridized carbons (Fsp3) is 0.143. The Balaban J connectivity index is 2.07. The number of nitrogens with one attached hydrogen (secondary N) is 2. The van der Waals surface area contributed by atoms with E-state index in [9.17, 15) is 9.59 Å². The van der Waals surface area contributed by atoms with E-state index < -0.39 is 6.03 Å². The van der Waals surface area contributed by atoms with Gasteiger partial charge in [0.2, 0.25) is 0 Å². The number of anilines is 1. The Hall–Kier alpha value is -2.76. The minimum Gasteiger partial charge on any atom is -0.467 e. The van der Waals surface area contributed by atoms with Gasteiger partial charge in [-0.15, -0.1) is 0 Å². The molecule has 0 fully saturated rings. The number of rotatable bonds is 4. The van der Waals surface area contributed by atoms with Gasteiger partial charge in [0.15, 0.2) is 0 Å². The Morgan fingerprint density at radius 3 is 2.70 bits per heavy atom. The van der Waals surface area contributed by atoms with Crippen LogP contribution in [0.25, 0.3) is 0 Å². The number of primary amides is 1. The molecule has 1 heterocycles. The Kier molecular flexibility index (Phi) is 4.05. The van der Waals surface area contributed by atoms with Crippen molar-refractivity contribution in [2.24, 2.45) is 5.73 Å². The van der Waals surface area contributed by atoms with Gasteiger partial charge < -0.3 is 20.8 Å². The normalized spacial score (nSPS) is 11.7. The molecule has 20 heavy (non-hydrogen) atoms. The van der Waals surface area contributed by atoms with E-state index in [2.05, 4.69) is 10.6 Å². The van der Waals surface area contributed by atoms with Crippen LogP contribution in [-0.2, 0) is 0 Å². The van der Waals surface area contributed by atoms with Gasteiger partial charge in [-0.1, -0.05) is 6.07 Å². The Morgan fingerprint density at radius 2 is 2.05 bits per heavy atom. The fourth-order valence-corrected chi connectivity index (χ4v) is 1.77. The lowest BCUT2D eigenvalue weighted by Crippen LogP contribution is -2.26. The molecular formula is C14H15N3O3. The van der Waals surface area contributed by atoms with E-state index in [1.807, 2.05) is 6.92 Å². The molecule has 0 saturated heterocycles. The maximum atomic E-state index is 12.1. The van der Waals surface area contributed by atoms with E-state index in [0.29, 0.717) is 17.0 Å². The van der Waals surface area contributed by atoms with E-state index in [1.165, 1.54) is 0 Å². The molecule has 0 aliphatic carbocycles. The molecule has 1 aromatic heterocycles. The highest BCUT2D eigenvalue weighted by Gasteiger charge is 2.13. The van der Waals surface area contributed by atoms with Crippen LogP contribution in [-0.4, -0.2) is 11.9 Å². The second kappa shape index (κ2) is 5.92. The molecule has 0 spiro atoms. The number of carbonyl (C=O) groups is 2. The first-order valence-corrected chi connectivity index (χ1v) is 6.07. The summed E-state index contributed by atoms with van der Waals surface area (Å²) < 4.78 is 5.22. The molecule has 1 aromatic carbocycles. The first-order valence-electron chi connectivity index (χ1n) is 6.07. The Labute approximate surface area is 116 Å². The molecule has 6 heteroatoms. The molecule has 0 radical (unpaired) electrons. The van der Waals surface area contributed by atoms with Gasteiger partial charge in [-0.25, -0.2) is 4.79 Å². The van der Waals surface area contributed by atoms with Gasteiger partial charge in [-0.3, -0.25) is 4.79 Å². The van der Waals surface area contributed by atoms with Gasteiger partial charge in [-0.2, -0.15) is 0 Å². The topological polar surface area (TPSA) is 97.4 Å². The highest BCUT2D eigenvalue weighted by Crippen LogP contribution is 2.15. The second-order valence-corrected chi connectivity index (χ2v) is 4.28. The van der Waals surface area contributed by atoms with E-state index in [1.54, 1.807) is 42.7 Å². The lowest BCUT2D eigenvalue weighted by Gasteiger charge is -2.12. The smallest absolute Gasteiger partial charge is 0.316 e. The lowest BCUT2D eigenvalue weighted by molar-refractivity contribution is 0.0935. The van der Waals surface area contributed by atoms with Crippen molar-refractivity contribution >= 4 is 17.6 Å². The summed E-state index contributed by atoms with van der Waals surface area (Å²) in [6.45, 7) is 1.82. The van der Waals surface area contributed by atoms with Crippen LogP contribution in [0.5, 0.6) is 0 Å². The molecule has 1 atom stereocenters. The molecule has 104 valence electrons. The summed E-state index contributed by atoms with van der Waals surface area (Å²) in [5, 5.41) is 5.22. The molecule has 4 N–H and O–H groups in total. The van der Waals surface area contributed by atoms with Crippen molar-refractivity contribution in [3.63, 3.8) is 0 Å². The van der Waals surface area contributed by atoms with Gasteiger partial charge >= 0.3 is 6.03 Å². The van der Waals surface area contributed by atoms with Gasteiger partial charge in [0.1, 0.15) is 5.76 Å². The van der Waals surface area contributed by atoms with Crippen molar-refractivity contribution in [3.05, 3.63) is 54.0 Å². The number of carbonyl (C=O) groups excluding carboxylic acids is 2. The van der Waals surface area contributed by atoms with Crippen molar-refractivity contribution in [2.75, 3.05) is 5.32 Å². The minimum atomic E-state index is -0.675. The molecule has 0 aliphatic heterocycles. The van der Waals surface area contributed by atoms with Gasteiger partial charge in [-0.05, 0) is 37.3 Å². The third kappa shape index (κ3) is 3.38. The average Bonchev–Trinajstić information content (AvgIpc) is 2.92. The SMILES string of the molecule is C[C@H](NC(=O)c1cccc(NC(N)=O)c1)c1ccco1. The van der Waals surface area contributed by atoms with E-state index in [4.69, 9.17) is 10.2 Å². The number of benzene rings is 1. The highest BCUT2D eigenvalue weighted by molar-refractivity contribution is 5.96. The fourth-order valence-electron chi connectivity index (χ4n) is 1.77. The predicted molar refractivity (Wildman–Crippen MR) is 74.2 cm³/mol. The van der Waals surface area contributed by atoms with Gasteiger partial charge in [0, 0.05) is 11.3 Å². The second-order valence-electron chi connectivity index (χ2n) is 4.28. The molecule has 0 aliphatic rings. The molecule has 0 saturated carbocycles. The van der Waals surface area contributed by atoms with Gasteiger partial charge in [0.05, 0.1) is 12.3 Å². The molecular weight excluding hydrogens is 258 g/mol. The highest BCUT2D eigenvalue weighted by atomic mass is 16.3. The molecule has 3 amide bonds. The molecule has 0 unspecified atom stereocenters. The summed E-state index contributed by atoms with van der Waals surface area (Å²) in [5.41, 5.74) is 5.93. The summed E-state index contributed by atoms with van der Waals surface area (Å²) in [5.74, 6) is 0.409. The summed E-state index contributed by atoms with van der Waals surface area (Å²) in [4.78, 5) is 22.9. The zero-order chi connectivity index (χ0) is 14.5. The van der Waals surface area contributed by atoms with Crippen LogP contribution in [0.4, 0.5) is 10.5 Å². The predicted octanol–water partition coefficient (Wildman–Crippen LogP) is 2.26. The van der Waals surface area contributed by atoms with E-state index in [0.717, 1.165) is 0 Å². The first kappa shape index (κ1) is 13.7. The number of hydrogen-bond donors (Lipinski definition) is 3. The number of hydrogen-bond acceptors (Lipinski definition) is 3. The summed E-state index contributed by atoms with van der Waals surface area (Å²) in [6.07, 6.45) is 1.55. The maximum Gasteiger partial charge on any atom is 0.316 e. The van der Waals surface area contributed by atoms with Crippen molar-refractivity contribution < 1.29 is 14.0 Å². The van der Waals surface area contributed by atoms with Crippen LogP contribution in [0.3, 0.4) is 0 Å². The molecule has 6 nitrogen and oxygen atoms in total. The molecule has 2 rings (SSSR count). The zero-order valence-electron chi connectivity index (χ0n) is 10.9. The van der Waals surface area contributed by atoms with Crippen LogP contribution < -0.4 is 16.4 Å². The van der Waals surface area contributed by atoms with Crippen molar-refractivity contribution in [1.82, 2.24) is 5.32 Å². The Morgan fingerprint density at radius 1 is 1.25 bits per heavy atom. The number of amides is 3. The third-order valence-electron chi connectivity index (χ3n) is 2.71. The van der Waals surface area contributed by atoms with Gasteiger partial charge in [0.25, 0.3) is 5.91 Å². The Bertz CT molecular complexity index is 608. The van der Waals surface area contributed by atoms with Crippen molar-refractivity contribution in [1.29, 1.82) is 0 Å². The van der Waals surface area contributed by atoms with Crippen LogP contribution in [0.1, 0.15) is 29.1 Å².